The van der Waals surface area contributed by atoms with E-state index in [9.17, 15) is 22.8 Å². The molecule has 2 amide bonds. The Balaban J connectivity index is 1.15. The Kier molecular flexibility index (Phi) is 8.60. The maximum Gasteiger partial charge on any atom is 0.481 e. The van der Waals surface area contributed by atoms with Crippen molar-refractivity contribution >= 4 is 18.9 Å². The zero-order valence-electron chi connectivity index (χ0n) is 26.0. The van der Waals surface area contributed by atoms with Crippen molar-refractivity contribution in [2.24, 2.45) is 28.9 Å². The number of nitrogens with one attached hydrogen (secondary N) is 2. The molecule has 3 aliphatic heterocycles. The number of nitrogens with zero attached hydrogens (tertiary/aromatic N) is 1. The lowest BCUT2D eigenvalue weighted by Gasteiger charge is -2.64. The van der Waals surface area contributed by atoms with Crippen LogP contribution < -0.4 is 16.4 Å². The summed E-state index contributed by atoms with van der Waals surface area (Å²) in [6, 6.07) is 4.59. The molecule has 3 saturated carbocycles. The van der Waals surface area contributed by atoms with Crippen molar-refractivity contribution in [3.05, 3.63) is 35.4 Å². The molecule has 8 nitrogen and oxygen atoms in total. The van der Waals surface area contributed by atoms with Crippen molar-refractivity contribution in [1.29, 1.82) is 0 Å². The molecular weight excluding hydrogens is 572 g/mol. The largest absolute Gasteiger partial charge is 0.481 e. The molecule has 6 aliphatic rings. The third-order valence-electron chi connectivity index (χ3n) is 11.6. The second-order valence-corrected chi connectivity index (χ2v) is 14.4. The van der Waals surface area contributed by atoms with Crippen molar-refractivity contribution in [2.75, 3.05) is 26.2 Å². The monoisotopic (exact) mass is 618 g/mol. The molecule has 1 aromatic rings. The van der Waals surface area contributed by atoms with Crippen LogP contribution in [-0.4, -0.2) is 73.7 Å². The van der Waals surface area contributed by atoms with Gasteiger partial charge in [0.05, 0.1) is 29.1 Å². The number of benzene rings is 1. The van der Waals surface area contributed by atoms with Gasteiger partial charge in [0.2, 0.25) is 11.8 Å². The van der Waals surface area contributed by atoms with E-state index in [1.807, 2.05) is 0 Å². The Morgan fingerprint density at radius 2 is 2.00 bits per heavy atom. The van der Waals surface area contributed by atoms with Gasteiger partial charge in [0.25, 0.3) is 0 Å². The molecule has 0 aromatic heterocycles. The van der Waals surface area contributed by atoms with Gasteiger partial charge in [-0.15, -0.1) is 0 Å². The minimum Gasteiger partial charge on any atom is -0.404 e. The zero-order chi connectivity index (χ0) is 31.4. The summed E-state index contributed by atoms with van der Waals surface area (Å²) < 4.78 is 53.5. The number of amides is 2. The summed E-state index contributed by atoms with van der Waals surface area (Å²) in [7, 11) is -0.572. The van der Waals surface area contributed by atoms with Crippen molar-refractivity contribution in [3.63, 3.8) is 0 Å². The van der Waals surface area contributed by atoms with Crippen LogP contribution in [0.2, 0.25) is 0 Å². The first-order valence-corrected chi connectivity index (χ1v) is 16.4. The highest BCUT2D eigenvalue weighted by molar-refractivity contribution is 6.47. The first kappa shape index (κ1) is 31.8. The molecule has 1 aromatic carbocycles. The Bertz CT molecular complexity index is 1250. The highest BCUT2D eigenvalue weighted by Gasteiger charge is 2.68. The molecule has 0 spiro atoms. The number of alkyl halides is 3. The molecule has 4 N–H and O–H groups in total. The van der Waals surface area contributed by atoms with Crippen molar-refractivity contribution in [1.82, 2.24) is 15.5 Å². The number of likely N-dealkylation sites (tertiary alicyclic amines) is 1. The van der Waals surface area contributed by atoms with Crippen LogP contribution in [0.4, 0.5) is 13.2 Å². The Morgan fingerprint density at radius 3 is 2.73 bits per heavy atom. The number of carbonyl (C=O) groups excluding carboxylic acids is 2. The molecule has 12 heteroatoms. The average molecular weight is 619 g/mol. The number of halogens is 3. The number of rotatable bonds is 9. The van der Waals surface area contributed by atoms with Gasteiger partial charge in [0, 0.05) is 25.6 Å². The number of hydrogen-bond donors (Lipinski definition) is 3. The van der Waals surface area contributed by atoms with Crippen LogP contribution in [0.5, 0.6) is 0 Å². The van der Waals surface area contributed by atoms with E-state index in [0.29, 0.717) is 62.8 Å². The van der Waals surface area contributed by atoms with Crippen LogP contribution in [0.25, 0.3) is 0 Å². The summed E-state index contributed by atoms with van der Waals surface area (Å²) in [4.78, 5) is 29.4. The summed E-state index contributed by atoms with van der Waals surface area (Å²) >= 11 is 0. The Morgan fingerprint density at radius 1 is 1.20 bits per heavy atom. The molecule has 3 aliphatic carbocycles. The van der Waals surface area contributed by atoms with E-state index < -0.39 is 42.3 Å². The SMILES string of the molecule is CC1(C)[C@@H]2C[C@H]3OB([C@H](CCCCN)NC(=O)[C@@H]4CCCN4C(=O)[C@@H]4CNC[C@H]4c4cccc(C(F)(F)F)c4)O[C@@]3(C)[C@H]1C2. The van der Waals surface area contributed by atoms with Crippen LogP contribution in [-0.2, 0) is 25.1 Å². The minimum atomic E-state index is -4.46. The van der Waals surface area contributed by atoms with E-state index in [4.69, 9.17) is 15.0 Å². The predicted octanol–water partition coefficient (Wildman–Crippen LogP) is 3.88. The zero-order valence-corrected chi connectivity index (χ0v) is 26.0. The fraction of sp³-hybridized carbons (Fsp3) is 0.750. The number of nitrogens with two attached hydrogens (primary N) is 1. The standard InChI is InChI=1S/C32H46BF3N4O4/c1-30(2)21-15-25(30)31(3)26(16-21)43-33(44-31)27(11-4-5-12-37)39-28(41)24-10-7-13-40(24)29(42)23-18-38-17-22(23)19-8-6-9-20(14-19)32(34,35)36/h6,8-9,14,21-27,38H,4-5,7,10-13,15-18,37H2,1-3H3,(H,39,41)/t21-,22-,23+,24-,25-,26+,27-,31-/m0/s1. The topological polar surface area (TPSA) is 106 Å². The van der Waals surface area contributed by atoms with Gasteiger partial charge < -0.3 is 30.6 Å². The molecule has 2 bridgehead atoms. The van der Waals surface area contributed by atoms with E-state index in [1.165, 1.54) is 6.07 Å². The van der Waals surface area contributed by atoms with E-state index >= 15 is 0 Å². The van der Waals surface area contributed by atoms with Crippen LogP contribution in [0.1, 0.15) is 82.8 Å². The lowest BCUT2D eigenvalue weighted by molar-refractivity contribution is -0.199. The third-order valence-corrected chi connectivity index (χ3v) is 11.6. The maximum absolute atomic E-state index is 13.9. The molecule has 6 fully saturated rings. The number of unbranched alkanes of at least 4 members (excludes halogenated alkanes) is 1. The van der Waals surface area contributed by atoms with Gasteiger partial charge in [-0.05, 0) is 80.9 Å². The predicted molar refractivity (Wildman–Crippen MR) is 160 cm³/mol. The average Bonchev–Trinajstić information content (AvgIpc) is 3.74. The fourth-order valence-corrected chi connectivity index (χ4v) is 8.89. The van der Waals surface area contributed by atoms with Gasteiger partial charge in [0.1, 0.15) is 6.04 Å². The van der Waals surface area contributed by atoms with Gasteiger partial charge in [-0.1, -0.05) is 38.5 Å². The third kappa shape index (κ3) is 5.58. The second kappa shape index (κ2) is 11.9. The molecular formula is C32H46BF3N4O4. The van der Waals surface area contributed by atoms with Gasteiger partial charge in [-0.2, -0.15) is 13.2 Å². The van der Waals surface area contributed by atoms with Crippen LogP contribution in [0.3, 0.4) is 0 Å². The Hall–Kier alpha value is -2.15. The number of carbonyl (C=O) groups is 2. The molecule has 3 saturated heterocycles. The molecule has 0 radical (unpaired) electrons. The van der Waals surface area contributed by atoms with Gasteiger partial charge >= 0.3 is 13.3 Å². The van der Waals surface area contributed by atoms with Crippen molar-refractivity contribution in [2.45, 2.75) is 101 Å². The van der Waals surface area contributed by atoms with Crippen LogP contribution in [0.15, 0.2) is 24.3 Å². The van der Waals surface area contributed by atoms with Crippen molar-refractivity contribution < 1.29 is 32.1 Å². The molecule has 0 unspecified atom stereocenters. The van der Waals surface area contributed by atoms with E-state index in [0.717, 1.165) is 37.8 Å². The van der Waals surface area contributed by atoms with E-state index in [2.05, 4.69) is 31.4 Å². The van der Waals surface area contributed by atoms with E-state index in [-0.39, 0.29) is 29.3 Å². The summed E-state index contributed by atoms with van der Waals surface area (Å²) in [5.41, 5.74) is 5.34. The first-order chi connectivity index (χ1) is 20.8. The smallest absolute Gasteiger partial charge is 0.404 e. The van der Waals surface area contributed by atoms with Crippen molar-refractivity contribution in [3.8, 4) is 0 Å². The second-order valence-electron chi connectivity index (χ2n) is 14.4. The first-order valence-electron chi connectivity index (χ1n) is 16.4. The number of hydrogen-bond acceptors (Lipinski definition) is 6. The maximum atomic E-state index is 13.9. The van der Waals surface area contributed by atoms with Crippen LogP contribution >= 0.6 is 0 Å². The van der Waals surface area contributed by atoms with Gasteiger partial charge in [0.15, 0.2) is 0 Å². The van der Waals surface area contributed by atoms with Gasteiger partial charge in [-0.25, -0.2) is 0 Å². The lowest BCUT2D eigenvalue weighted by Crippen LogP contribution is -2.65. The normalized spacial score (nSPS) is 34.9. The highest BCUT2D eigenvalue weighted by Crippen LogP contribution is 2.65. The van der Waals surface area contributed by atoms with Gasteiger partial charge in [-0.3, -0.25) is 9.59 Å². The summed E-state index contributed by atoms with van der Waals surface area (Å²) in [6.07, 6.45) is 1.12. The minimum absolute atomic E-state index is 0.00890. The molecule has 44 heavy (non-hydrogen) atoms. The molecule has 3 heterocycles. The van der Waals surface area contributed by atoms with E-state index in [1.54, 1.807) is 11.0 Å². The molecule has 8 atom stereocenters. The summed E-state index contributed by atoms with van der Waals surface area (Å²) in [5.74, 6) is -0.737. The summed E-state index contributed by atoms with van der Waals surface area (Å²) in [6.45, 7) is 8.54. The molecule has 242 valence electrons. The fourth-order valence-electron chi connectivity index (χ4n) is 8.89. The summed E-state index contributed by atoms with van der Waals surface area (Å²) in [5, 5.41) is 6.41. The molecule has 7 rings (SSSR count). The Labute approximate surface area is 258 Å². The lowest BCUT2D eigenvalue weighted by atomic mass is 9.43. The quantitative estimate of drug-likeness (QED) is 0.287. The highest BCUT2D eigenvalue weighted by atomic mass is 19.4. The van der Waals surface area contributed by atoms with Crippen LogP contribution in [0, 0.1) is 23.2 Å².